The van der Waals surface area contributed by atoms with Crippen LogP contribution in [-0.4, -0.2) is 14.1 Å². The average Bonchev–Trinajstić information content (AvgIpc) is 3.30. The summed E-state index contributed by atoms with van der Waals surface area (Å²) in [5, 5.41) is 0. The molecule has 28 heavy (non-hydrogen) atoms. The first-order valence-electron chi connectivity index (χ1n) is 11.6. The molecule has 2 aromatic heterocycles. The maximum absolute atomic E-state index is 8.52. The highest BCUT2D eigenvalue weighted by molar-refractivity contribution is 5.84. The SMILES string of the molecule is [2H]C([2H])([2H])c1n(C)c(-c2cc3c(cc2C)Cc2nc4c(C)cccc4n2-3)c[n+]1C([2H])(C)C. The van der Waals surface area contributed by atoms with E-state index >= 15 is 0 Å². The average molecular weight is 376 g/mol. The second-order valence-electron chi connectivity index (χ2n) is 7.99. The van der Waals surface area contributed by atoms with Crippen molar-refractivity contribution < 1.29 is 10.1 Å². The Hall–Kier alpha value is -2.88. The van der Waals surface area contributed by atoms with E-state index in [1.807, 2.05) is 0 Å². The molecule has 0 N–H and O–H groups in total. The van der Waals surface area contributed by atoms with Gasteiger partial charge >= 0.3 is 0 Å². The maximum Gasteiger partial charge on any atom is 0.253 e. The van der Waals surface area contributed by atoms with Crippen molar-refractivity contribution in [1.29, 1.82) is 0 Å². The van der Waals surface area contributed by atoms with E-state index in [2.05, 4.69) is 48.7 Å². The summed E-state index contributed by atoms with van der Waals surface area (Å²) in [6, 6.07) is 9.45. The number of hydrogen-bond acceptors (Lipinski definition) is 1. The lowest BCUT2D eigenvalue weighted by molar-refractivity contribution is -0.721. The van der Waals surface area contributed by atoms with Gasteiger partial charge in [0.1, 0.15) is 12.0 Å². The van der Waals surface area contributed by atoms with E-state index in [-0.39, 0.29) is 5.82 Å². The highest BCUT2D eigenvalue weighted by Gasteiger charge is 2.27. The van der Waals surface area contributed by atoms with Crippen LogP contribution in [0.3, 0.4) is 0 Å². The molecule has 2 aromatic carbocycles. The molecule has 0 atom stereocenters. The Morgan fingerprint density at radius 1 is 1.21 bits per heavy atom. The van der Waals surface area contributed by atoms with Gasteiger partial charge in [-0.3, -0.25) is 4.57 Å². The van der Waals surface area contributed by atoms with Crippen molar-refractivity contribution in [3.63, 3.8) is 0 Å². The normalized spacial score (nSPS) is 15.8. The summed E-state index contributed by atoms with van der Waals surface area (Å²) in [7, 11) is 1.77. The lowest BCUT2D eigenvalue weighted by atomic mass is 10.0. The second kappa shape index (κ2) is 5.81. The van der Waals surface area contributed by atoms with Crippen molar-refractivity contribution in [3.05, 3.63) is 64.9 Å². The first-order chi connectivity index (χ1) is 14.9. The molecule has 142 valence electrons. The summed E-state index contributed by atoms with van der Waals surface area (Å²) < 4.78 is 38.2. The van der Waals surface area contributed by atoms with Crippen LogP contribution in [0, 0.1) is 20.7 Å². The highest BCUT2D eigenvalue weighted by atomic mass is 15.2. The molecule has 0 unspecified atom stereocenters. The topological polar surface area (TPSA) is 26.6 Å². The Labute approximate surface area is 171 Å². The maximum atomic E-state index is 8.52. The van der Waals surface area contributed by atoms with Crippen molar-refractivity contribution >= 4 is 11.0 Å². The predicted octanol–water partition coefficient (Wildman–Crippen LogP) is 4.73. The molecule has 0 spiro atoms. The molecule has 4 heteroatoms. The van der Waals surface area contributed by atoms with E-state index in [1.54, 1.807) is 36.2 Å². The van der Waals surface area contributed by atoms with Crippen LogP contribution in [0.1, 0.15) is 53.7 Å². The first-order valence-corrected chi connectivity index (χ1v) is 9.61. The smallest absolute Gasteiger partial charge is 0.253 e. The van der Waals surface area contributed by atoms with Crippen LogP contribution in [0.25, 0.3) is 28.0 Å². The molecular formula is C24H27N4+. The van der Waals surface area contributed by atoms with Crippen LogP contribution < -0.4 is 4.57 Å². The molecule has 0 bridgehead atoms. The van der Waals surface area contributed by atoms with Crippen LogP contribution in [-0.2, 0) is 13.5 Å². The molecule has 3 heterocycles. The Morgan fingerprint density at radius 2 is 2.04 bits per heavy atom. The van der Waals surface area contributed by atoms with Crippen LogP contribution >= 0.6 is 0 Å². The lowest BCUT2D eigenvalue weighted by Crippen LogP contribution is -2.37. The molecule has 0 amide bonds. The van der Waals surface area contributed by atoms with Gasteiger partial charge in [-0.2, -0.15) is 0 Å². The van der Waals surface area contributed by atoms with Gasteiger partial charge in [-0.15, -0.1) is 0 Å². The molecule has 0 saturated heterocycles. The summed E-state index contributed by atoms with van der Waals surface area (Å²) in [5.41, 5.74) is 8.38. The summed E-state index contributed by atoms with van der Waals surface area (Å²) in [6.07, 6.45) is 2.58. The van der Waals surface area contributed by atoms with E-state index in [1.165, 1.54) is 5.56 Å². The Balaban J connectivity index is 1.76. The van der Waals surface area contributed by atoms with Crippen molar-refractivity contribution in [2.24, 2.45) is 7.05 Å². The summed E-state index contributed by atoms with van der Waals surface area (Å²) in [6.45, 7) is 5.20. The van der Waals surface area contributed by atoms with Gasteiger partial charge in [-0.1, -0.05) is 18.2 Å². The minimum atomic E-state index is -2.33. The first kappa shape index (κ1) is 13.3. The minimum absolute atomic E-state index is 0.150. The van der Waals surface area contributed by atoms with Gasteiger partial charge in [0.05, 0.1) is 31.2 Å². The van der Waals surface area contributed by atoms with Crippen molar-refractivity contribution in [2.75, 3.05) is 0 Å². The van der Waals surface area contributed by atoms with Crippen molar-refractivity contribution in [2.45, 2.75) is 47.0 Å². The van der Waals surface area contributed by atoms with E-state index < -0.39 is 12.9 Å². The van der Waals surface area contributed by atoms with Crippen LogP contribution in [0.4, 0.5) is 0 Å². The Kier molecular flexibility index (Phi) is 2.76. The summed E-state index contributed by atoms with van der Waals surface area (Å²) in [5.74, 6) is 1.18. The van der Waals surface area contributed by atoms with Gasteiger partial charge in [0.15, 0.2) is 5.69 Å². The fraction of sp³-hybridized carbons (Fsp3) is 0.333. The molecule has 4 nitrogen and oxygen atoms in total. The zero-order valence-electron chi connectivity index (χ0n) is 21.0. The molecule has 1 aliphatic rings. The van der Waals surface area contributed by atoms with Gasteiger partial charge in [-0.25, -0.2) is 14.1 Å². The third kappa shape index (κ3) is 2.24. The third-order valence-corrected chi connectivity index (χ3v) is 5.89. The Morgan fingerprint density at radius 3 is 2.75 bits per heavy atom. The van der Waals surface area contributed by atoms with Crippen LogP contribution in [0.2, 0.25) is 0 Å². The highest BCUT2D eigenvalue weighted by Crippen LogP contribution is 2.37. The molecule has 4 aromatic rings. The minimum Gasteiger partial charge on any atom is -0.296 e. The van der Waals surface area contributed by atoms with Gasteiger partial charge in [-0.05, 0) is 56.5 Å². The molecule has 1 aliphatic heterocycles. The quantitative estimate of drug-likeness (QED) is 0.410. The fourth-order valence-electron chi connectivity index (χ4n) is 4.36. The molecule has 0 aliphatic carbocycles. The number of fused-ring (bicyclic) bond motifs is 5. The number of rotatable bonds is 2. The Bertz CT molecular complexity index is 1400. The third-order valence-electron chi connectivity index (χ3n) is 5.89. The van der Waals surface area contributed by atoms with Crippen molar-refractivity contribution in [1.82, 2.24) is 14.1 Å². The number of benzene rings is 2. The number of para-hydroxylation sites is 1. The van der Waals surface area contributed by atoms with E-state index in [4.69, 9.17) is 10.5 Å². The van der Waals surface area contributed by atoms with Crippen molar-refractivity contribution in [3.8, 4) is 16.9 Å². The standard InChI is InChI=1S/C24H27N4/c1-14(2)27-13-22(26(6)17(27)5)19-12-21-18(10-16(19)4)11-23-25-24-15(3)8-7-9-20(24)28(21)23/h7-10,12-14H,11H2,1-6H3/q+1/i5D3,14D. The molecule has 5 rings (SSSR count). The molecule has 0 fully saturated rings. The summed E-state index contributed by atoms with van der Waals surface area (Å²) in [4.78, 5) is 4.89. The van der Waals surface area contributed by atoms with Crippen LogP contribution in [0.5, 0.6) is 0 Å². The zero-order chi connectivity index (χ0) is 23.2. The lowest BCUT2D eigenvalue weighted by Gasteiger charge is -2.10. The van der Waals surface area contributed by atoms with Gasteiger partial charge in [0.2, 0.25) is 0 Å². The number of hydrogen-bond donors (Lipinski definition) is 0. The zero-order valence-corrected chi connectivity index (χ0v) is 17.0. The number of aromatic nitrogens is 4. The van der Waals surface area contributed by atoms with E-state index in [0.29, 0.717) is 0 Å². The van der Waals surface area contributed by atoms with E-state index in [9.17, 15) is 0 Å². The number of imidazole rings is 2. The molecule has 0 radical (unpaired) electrons. The van der Waals surface area contributed by atoms with Gasteiger partial charge in [0, 0.05) is 22.9 Å². The number of nitrogens with zero attached hydrogens (tertiary/aromatic N) is 4. The van der Waals surface area contributed by atoms with Crippen LogP contribution in [0.15, 0.2) is 36.5 Å². The van der Waals surface area contributed by atoms with E-state index in [0.717, 1.165) is 51.4 Å². The fourth-order valence-corrected chi connectivity index (χ4v) is 4.36. The summed E-state index contributed by atoms with van der Waals surface area (Å²) >= 11 is 0. The van der Waals surface area contributed by atoms with Gasteiger partial charge in [0.25, 0.3) is 5.82 Å². The predicted molar refractivity (Wildman–Crippen MR) is 113 cm³/mol. The molecular weight excluding hydrogens is 344 g/mol. The largest absolute Gasteiger partial charge is 0.296 e. The number of aryl methyl sites for hydroxylation is 2. The molecule has 0 saturated carbocycles. The van der Waals surface area contributed by atoms with Gasteiger partial charge < -0.3 is 0 Å². The second-order valence-corrected chi connectivity index (χ2v) is 7.99. The monoisotopic (exact) mass is 375 g/mol.